The van der Waals surface area contributed by atoms with E-state index in [1.54, 1.807) is 0 Å². The van der Waals surface area contributed by atoms with Gasteiger partial charge in [0.15, 0.2) is 12.2 Å². The predicted octanol–water partition coefficient (Wildman–Crippen LogP) is -9.46. The van der Waals surface area contributed by atoms with Gasteiger partial charge >= 0.3 is 92.9 Å². The van der Waals surface area contributed by atoms with Crippen molar-refractivity contribution in [3.05, 3.63) is 0 Å². The van der Waals surface area contributed by atoms with Crippen LogP contribution < -0.4 is 80.9 Å². The van der Waals surface area contributed by atoms with E-state index in [2.05, 4.69) is 0 Å². The number of carboxylic acids is 2. The zero-order valence-electron chi connectivity index (χ0n) is 9.10. The van der Waals surface area contributed by atoms with Crippen LogP contribution in [-0.2, 0) is 37.1 Å². The topological polar surface area (TPSA) is 195 Å². The van der Waals surface area contributed by atoms with E-state index >= 15 is 0 Å². The largest absolute Gasteiger partial charge is 1.00 e. The molecule has 0 amide bonds. The molecule has 0 aliphatic rings. The number of carboxylic acid groups (broad SMARTS) is 2. The smallest absolute Gasteiger partial charge is 0.759 e. The minimum absolute atomic E-state index is 0. The van der Waals surface area contributed by atoms with Gasteiger partial charge in [-0.1, -0.05) is 0 Å². The van der Waals surface area contributed by atoms with Crippen LogP contribution in [0.1, 0.15) is 0 Å². The fraction of sp³-hybridized carbons (Fsp3) is 0.500. The maximum Gasteiger partial charge on any atom is 1.00 e. The number of hydrogen-bond donors (Lipinski definition) is 4. The van der Waals surface area contributed by atoms with Crippen LogP contribution in [0.4, 0.5) is 0 Å². The molecule has 4 N–H and O–H groups in total. The van der Waals surface area contributed by atoms with Crippen LogP contribution >= 0.6 is 0 Å². The third-order valence-corrected chi connectivity index (χ3v) is 0.805. The number of hydrogen-bond acceptors (Lipinski definition) is 8. The molecule has 0 saturated heterocycles. The van der Waals surface area contributed by atoms with Gasteiger partial charge in [-0.25, -0.2) is 9.59 Å². The summed E-state index contributed by atoms with van der Waals surface area (Å²) in [6.45, 7) is 0. The fourth-order valence-electron chi connectivity index (χ4n) is 0.270. The fourth-order valence-corrected chi connectivity index (χ4v) is 0.270. The van der Waals surface area contributed by atoms with Crippen molar-refractivity contribution in [2.75, 3.05) is 0 Å². The molecule has 14 heteroatoms. The summed E-state index contributed by atoms with van der Waals surface area (Å²) in [6.07, 6.45) is -4.53. The Hall–Kier alpha value is 1.89. The molecule has 0 rings (SSSR count). The number of aliphatic hydroxyl groups is 2. The van der Waals surface area contributed by atoms with Crippen molar-refractivity contribution in [2.45, 2.75) is 12.2 Å². The van der Waals surface area contributed by atoms with Gasteiger partial charge in [-0.15, -0.1) is 0 Å². The van der Waals surface area contributed by atoms with Crippen LogP contribution in [0, 0.1) is 0 Å². The summed E-state index contributed by atoms with van der Waals surface area (Å²) in [5, 5.41) is 32.5. The first-order valence-corrected chi connectivity index (χ1v) is 4.28. The molecular formula is C4H6CuKNaO10S. The van der Waals surface area contributed by atoms with Crippen LogP contribution in [-0.4, -0.2) is 62.1 Å². The van der Waals surface area contributed by atoms with Gasteiger partial charge in [-0.3, -0.25) is 8.42 Å². The van der Waals surface area contributed by atoms with E-state index in [0.717, 1.165) is 0 Å². The molecule has 0 bridgehead atoms. The second-order valence-corrected chi connectivity index (χ2v) is 2.79. The first kappa shape index (κ1) is 32.0. The van der Waals surface area contributed by atoms with E-state index in [0.29, 0.717) is 0 Å². The van der Waals surface area contributed by atoms with Crippen molar-refractivity contribution < 1.29 is 146 Å². The molecule has 0 aromatic heterocycles. The molecule has 0 aliphatic carbocycles. The third-order valence-electron chi connectivity index (χ3n) is 0.805. The zero-order chi connectivity index (χ0) is 12.8. The Morgan fingerprint density at radius 1 is 0.944 bits per heavy atom. The standard InChI is InChI=1S/C4H6O6.Cu.K.Na.H2O4S/c5-1(3(7)8)2(6)4(9)10;;;;1-5(2,3)4/h1-2,5-6H,(H,7,8)(H,9,10);;;;(H2,1,2,3,4)/q;;2*+1;/p-2. The summed E-state index contributed by atoms with van der Waals surface area (Å²) in [7, 11) is -5.17. The number of aliphatic hydroxyl groups excluding tert-OH is 2. The van der Waals surface area contributed by atoms with E-state index in [-0.39, 0.29) is 98.0 Å². The van der Waals surface area contributed by atoms with Crippen molar-refractivity contribution in [1.29, 1.82) is 0 Å². The van der Waals surface area contributed by atoms with Crippen molar-refractivity contribution in [3.8, 4) is 0 Å². The van der Waals surface area contributed by atoms with Crippen molar-refractivity contribution in [1.82, 2.24) is 0 Å². The molecule has 0 saturated carbocycles. The summed E-state index contributed by atoms with van der Waals surface area (Å²) >= 11 is 0. The molecule has 2 unspecified atom stereocenters. The van der Waals surface area contributed by atoms with Gasteiger partial charge in [0, 0.05) is 27.5 Å². The molecule has 0 fully saturated rings. The second-order valence-electron chi connectivity index (χ2n) is 1.97. The van der Waals surface area contributed by atoms with Crippen LogP contribution in [0.25, 0.3) is 0 Å². The first-order valence-electron chi connectivity index (χ1n) is 2.95. The minimum Gasteiger partial charge on any atom is -0.759 e. The quantitative estimate of drug-likeness (QED) is 0.210. The summed E-state index contributed by atoms with van der Waals surface area (Å²) in [6, 6.07) is 0. The van der Waals surface area contributed by atoms with Crippen molar-refractivity contribution in [2.24, 2.45) is 0 Å². The average Bonchev–Trinajstić information content (AvgIpc) is 1.98. The van der Waals surface area contributed by atoms with Gasteiger partial charge < -0.3 is 29.5 Å². The van der Waals surface area contributed by atoms with E-state index < -0.39 is 34.5 Å². The van der Waals surface area contributed by atoms with Crippen molar-refractivity contribution in [3.63, 3.8) is 0 Å². The maximum atomic E-state index is 9.77. The molecule has 0 spiro atoms. The molecule has 2 atom stereocenters. The average molecular weight is 372 g/mol. The predicted molar refractivity (Wildman–Crippen MR) is 37.8 cm³/mol. The van der Waals surface area contributed by atoms with Gasteiger partial charge in [0.2, 0.25) is 0 Å². The minimum atomic E-state index is -5.17. The van der Waals surface area contributed by atoms with E-state index in [4.69, 9.17) is 37.9 Å². The Morgan fingerprint density at radius 2 is 1.06 bits per heavy atom. The molecule has 1 radical (unpaired) electrons. The van der Waals surface area contributed by atoms with Crippen LogP contribution in [0.5, 0.6) is 0 Å². The van der Waals surface area contributed by atoms with Gasteiger partial charge in [0.1, 0.15) is 0 Å². The first-order chi connectivity index (χ1) is 6.46. The van der Waals surface area contributed by atoms with Crippen molar-refractivity contribution >= 4 is 22.3 Å². The molecular weight excluding hydrogens is 366 g/mol. The Bertz CT molecular complexity index is 307. The Kier molecular flexibility index (Phi) is 27.2. The molecule has 10 nitrogen and oxygen atoms in total. The van der Waals surface area contributed by atoms with Crippen LogP contribution in [0.3, 0.4) is 0 Å². The number of aliphatic carboxylic acids is 2. The third kappa shape index (κ3) is 26.4. The summed E-state index contributed by atoms with van der Waals surface area (Å²) < 4.78 is 34.1. The van der Waals surface area contributed by atoms with Crippen LogP contribution in [0.15, 0.2) is 0 Å². The maximum absolute atomic E-state index is 9.77. The molecule has 0 aromatic rings. The normalized spacial score (nSPS) is 12.0. The van der Waals surface area contributed by atoms with Crippen LogP contribution in [0.2, 0.25) is 0 Å². The summed E-state index contributed by atoms with van der Waals surface area (Å²) in [5.41, 5.74) is 0. The van der Waals surface area contributed by atoms with Gasteiger partial charge in [0.05, 0.1) is 0 Å². The van der Waals surface area contributed by atoms with E-state index in [1.807, 2.05) is 0 Å². The molecule has 0 aromatic carbocycles. The zero-order valence-corrected chi connectivity index (χ0v) is 16.0. The molecule has 101 valence electrons. The number of carbonyl (C=O) groups is 2. The van der Waals surface area contributed by atoms with Gasteiger partial charge in [-0.2, -0.15) is 0 Å². The number of rotatable bonds is 3. The van der Waals surface area contributed by atoms with E-state index in [9.17, 15) is 9.59 Å². The summed E-state index contributed by atoms with van der Waals surface area (Å²) in [4.78, 5) is 19.5. The Labute approximate surface area is 177 Å². The van der Waals surface area contributed by atoms with Gasteiger partial charge in [0.25, 0.3) is 0 Å². The molecule has 0 aliphatic heterocycles. The second kappa shape index (κ2) is 15.3. The Morgan fingerprint density at radius 3 is 1.11 bits per heavy atom. The van der Waals surface area contributed by atoms with Gasteiger partial charge in [-0.05, 0) is 0 Å². The monoisotopic (exact) mass is 371 g/mol. The Balaban J connectivity index is -0.0000000621. The summed E-state index contributed by atoms with van der Waals surface area (Å²) in [5.74, 6) is -3.54. The SMILES string of the molecule is O=C(O)C(O)C(O)C(=O)O.O=S(=O)([O-])[O-].[Cu].[K+].[Na+]. The molecule has 0 heterocycles. The molecule has 18 heavy (non-hydrogen) atoms. The van der Waals surface area contributed by atoms with E-state index in [1.165, 1.54) is 0 Å².